The van der Waals surface area contributed by atoms with Gasteiger partial charge in [-0.2, -0.15) is 0 Å². The molecule has 102 valence electrons. The molecule has 0 radical (unpaired) electrons. The first kappa shape index (κ1) is 13.0. The van der Waals surface area contributed by atoms with Gasteiger partial charge in [0, 0.05) is 37.5 Å². The fourth-order valence-corrected chi connectivity index (χ4v) is 3.20. The van der Waals surface area contributed by atoms with Crippen molar-refractivity contribution in [1.82, 2.24) is 10.2 Å². The fourth-order valence-electron chi connectivity index (χ4n) is 2.72. The zero-order valence-electron chi connectivity index (χ0n) is 10.2. The maximum atomic E-state index is 12.0. The summed E-state index contributed by atoms with van der Waals surface area (Å²) in [6.45, 7) is 2.28. The topological polar surface area (TPSA) is 52.6 Å². The van der Waals surface area contributed by atoms with Crippen LogP contribution in [0.25, 0.3) is 0 Å². The first-order chi connectivity index (χ1) is 9.08. The van der Waals surface area contributed by atoms with Crippen molar-refractivity contribution in [2.45, 2.75) is 18.4 Å². The van der Waals surface area contributed by atoms with Gasteiger partial charge in [-0.3, -0.25) is 4.79 Å². The van der Waals surface area contributed by atoms with Gasteiger partial charge >= 0.3 is 0 Å². The minimum Gasteiger partial charge on any atom is -0.508 e. The molecule has 0 saturated carbocycles. The number of rotatable bonds is 2. The molecule has 0 unspecified atom stereocenters. The molecular weight excluding hydrogens is 287 g/mol. The highest BCUT2D eigenvalue weighted by atomic mass is 35.5. The van der Waals surface area contributed by atoms with E-state index in [2.05, 4.69) is 5.32 Å². The van der Waals surface area contributed by atoms with Gasteiger partial charge in [-0.25, -0.2) is 0 Å². The van der Waals surface area contributed by atoms with Crippen LogP contribution in [0.5, 0.6) is 5.75 Å². The third-order valence-electron chi connectivity index (χ3n) is 3.88. The number of phenolic OH excluding ortho intramolecular Hbond substituents is 1. The number of nitrogens with one attached hydrogen (secondary N) is 1. The summed E-state index contributed by atoms with van der Waals surface area (Å²) in [5.74, 6) is 0.145. The van der Waals surface area contributed by atoms with Crippen molar-refractivity contribution >= 4 is 29.1 Å². The molecule has 0 aromatic heterocycles. The van der Waals surface area contributed by atoms with Crippen LogP contribution in [-0.4, -0.2) is 41.6 Å². The zero-order valence-corrected chi connectivity index (χ0v) is 11.7. The number of hydrogen-bond acceptors (Lipinski definition) is 3. The predicted octanol–water partition coefficient (Wildman–Crippen LogP) is 1.99. The maximum absolute atomic E-state index is 12.0. The van der Waals surface area contributed by atoms with E-state index in [0.29, 0.717) is 28.6 Å². The highest BCUT2D eigenvalue weighted by Crippen LogP contribution is 2.42. The average molecular weight is 301 g/mol. The predicted molar refractivity (Wildman–Crippen MR) is 73.9 cm³/mol. The summed E-state index contributed by atoms with van der Waals surface area (Å²) in [7, 11) is 0. The molecule has 2 heterocycles. The van der Waals surface area contributed by atoms with Crippen molar-refractivity contribution in [1.29, 1.82) is 0 Å². The molecule has 0 spiro atoms. The van der Waals surface area contributed by atoms with Gasteiger partial charge in [-0.05, 0) is 12.1 Å². The molecule has 1 aromatic rings. The van der Waals surface area contributed by atoms with Crippen LogP contribution in [0.2, 0.25) is 10.0 Å². The molecule has 2 aliphatic rings. The van der Waals surface area contributed by atoms with Crippen LogP contribution in [0.3, 0.4) is 0 Å². The summed E-state index contributed by atoms with van der Waals surface area (Å²) in [4.78, 5) is 13.9. The number of phenols is 1. The molecule has 19 heavy (non-hydrogen) atoms. The molecule has 2 aliphatic heterocycles. The molecule has 2 saturated heterocycles. The molecule has 4 nitrogen and oxygen atoms in total. The lowest BCUT2D eigenvalue weighted by Crippen LogP contribution is -2.57. The highest BCUT2D eigenvalue weighted by Gasteiger charge is 2.39. The van der Waals surface area contributed by atoms with E-state index >= 15 is 0 Å². The number of amides is 1. The quantitative estimate of drug-likeness (QED) is 0.878. The SMILES string of the molecule is O=C1C[C@@H](c2c(O)ccc(Cl)c2Cl)CN1C1CNC1. The Morgan fingerprint density at radius 2 is 2.05 bits per heavy atom. The zero-order chi connectivity index (χ0) is 13.6. The Kier molecular flexibility index (Phi) is 3.33. The highest BCUT2D eigenvalue weighted by molar-refractivity contribution is 6.42. The van der Waals surface area contributed by atoms with Crippen molar-refractivity contribution in [3.05, 3.63) is 27.7 Å². The van der Waals surface area contributed by atoms with E-state index in [-0.39, 0.29) is 23.6 Å². The van der Waals surface area contributed by atoms with Crippen LogP contribution in [0.15, 0.2) is 12.1 Å². The van der Waals surface area contributed by atoms with Crippen LogP contribution in [0, 0.1) is 0 Å². The summed E-state index contributed by atoms with van der Waals surface area (Å²) in [6, 6.07) is 3.37. The second-order valence-electron chi connectivity index (χ2n) is 5.05. The summed E-state index contributed by atoms with van der Waals surface area (Å²) in [5.41, 5.74) is 0.595. The molecule has 1 amide bonds. The lowest BCUT2D eigenvalue weighted by atomic mass is 9.97. The lowest BCUT2D eigenvalue weighted by Gasteiger charge is -2.35. The van der Waals surface area contributed by atoms with Gasteiger partial charge in [0.05, 0.1) is 16.1 Å². The number of carbonyl (C=O) groups excluding carboxylic acids is 1. The number of hydrogen-bond donors (Lipinski definition) is 2. The van der Waals surface area contributed by atoms with E-state index in [4.69, 9.17) is 23.2 Å². The van der Waals surface area contributed by atoms with Crippen molar-refractivity contribution < 1.29 is 9.90 Å². The third-order valence-corrected chi connectivity index (χ3v) is 4.70. The summed E-state index contributed by atoms with van der Waals surface area (Å²) < 4.78 is 0. The molecule has 1 aromatic carbocycles. The van der Waals surface area contributed by atoms with Gasteiger partial charge < -0.3 is 15.3 Å². The van der Waals surface area contributed by atoms with Gasteiger partial charge in [-0.15, -0.1) is 0 Å². The summed E-state index contributed by atoms with van der Waals surface area (Å²) >= 11 is 12.2. The Labute approximate surface area is 121 Å². The van der Waals surface area contributed by atoms with Crippen LogP contribution in [0.4, 0.5) is 0 Å². The number of halogens is 2. The van der Waals surface area contributed by atoms with Gasteiger partial charge in [0.2, 0.25) is 5.91 Å². The maximum Gasteiger partial charge on any atom is 0.223 e. The van der Waals surface area contributed by atoms with Gasteiger partial charge in [0.1, 0.15) is 5.75 Å². The summed E-state index contributed by atoms with van der Waals surface area (Å²) in [5, 5.41) is 13.9. The monoisotopic (exact) mass is 300 g/mol. The van der Waals surface area contributed by atoms with Crippen molar-refractivity contribution in [2.75, 3.05) is 19.6 Å². The number of nitrogens with zero attached hydrogens (tertiary/aromatic N) is 1. The molecule has 2 fully saturated rings. The van der Waals surface area contributed by atoms with Gasteiger partial charge in [-0.1, -0.05) is 23.2 Å². The number of likely N-dealkylation sites (tertiary alicyclic amines) is 1. The Morgan fingerprint density at radius 3 is 2.68 bits per heavy atom. The van der Waals surface area contributed by atoms with Gasteiger partial charge in [0.15, 0.2) is 0 Å². The Bertz CT molecular complexity index is 532. The fraction of sp³-hybridized carbons (Fsp3) is 0.462. The van der Waals surface area contributed by atoms with E-state index in [9.17, 15) is 9.90 Å². The van der Waals surface area contributed by atoms with E-state index in [1.165, 1.54) is 6.07 Å². The first-order valence-corrected chi connectivity index (χ1v) is 7.00. The van der Waals surface area contributed by atoms with Crippen molar-refractivity contribution in [3.63, 3.8) is 0 Å². The minimum absolute atomic E-state index is 0.0840. The first-order valence-electron chi connectivity index (χ1n) is 6.25. The minimum atomic E-state index is -0.0840. The molecule has 0 aliphatic carbocycles. The smallest absolute Gasteiger partial charge is 0.223 e. The second-order valence-corrected chi connectivity index (χ2v) is 5.84. The lowest BCUT2D eigenvalue weighted by molar-refractivity contribution is -0.130. The molecule has 6 heteroatoms. The van der Waals surface area contributed by atoms with Crippen LogP contribution < -0.4 is 5.32 Å². The van der Waals surface area contributed by atoms with Crippen LogP contribution in [0.1, 0.15) is 17.9 Å². The number of carbonyl (C=O) groups is 1. The number of aromatic hydroxyl groups is 1. The average Bonchev–Trinajstić information content (AvgIpc) is 2.65. The van der Waals surface area contributed by atoms with E-state index < -0.39 is 0 Å². The van der Waals surface area contributed by atoms with Gasteiger partial charge in [0.25, 0.3) is 0 Å². The molecule has 2 N–H and O–H groups in total. The van der Waals surface area contributed by atoms with Crippen molar-refractivity contribution in [2.24, 2.45) is 0 Å². The molecular formula is C13H14Cl2N2O2. The Balaban J connectivity index is 1.88. The van der Waals surface area contributed by atoms with Crippen molar-refractivity contribution in [3.8, 4) is 5.75 Å². The third kappa shape index (κ3) is 2.18. The largest absolute Gasteiger partial charge is 0.508 e. The summed E-state index contributed by atoms with van der Waals surface area (Å²) in [6.07, 6.45) is 0.379. The molecule has 0 bridgehead atoms. The number of benzene rings is 1. The van der Waals surface area contributed by atoms with E-state index in [0.717, 1.165) is 13.1 Å². The standard InChI is InChI=1S/C13H14Cl2N2O2/c14-9-1-2-10(18)12(13(9)15)7-3-11(19)17(6-7)8-4-16-5-8/h1-2,7-8,16,18H,3-6H2/t7-/m1/s1. The second kappa shape index (κ2) is 4.85. The Hall–Kier alpha value is -0.970. The Morgan fingerprint density at radius 1 is 1.32 bits per heavy atom. The van der Waals surface area contributed by atoms with Crippen LogP contribution >= 0.6 is 23.2 Å². The molecule has 3 rings (SSSR count). The van der Waals surface area contributed by atoms with E-state index in [1.54, 1.807) is 6.07 Å². The van der Waals surface area contributed by atoms with E-state index in [1.807, 2.05) is 4.90 Å². The normalized spacial score (nSPS) is 23.8. The van der Waals surface area contributed by atoms with Crippen LogP contribution in [-0.2, 0) is 4.79 Å². The molecule has 1 atom stereocenters.